The molecular formula is C15H21NO3. The largest absolute Gasteiger partial charge is 0.445 e. The van der Waals surface area contributed by atoms with Gasteiger partial charge in [0.15, 0.2) is 0 Å². The van der Waals surface area contributed by atoms with E-state index in [0.29, 0.717) is 25.6 Å². The van der Waals surface area contributed by atoms with Gasteiger partial charge in [-0.2, -0.15) is 0 Å². The first-order valence-electron chi connectivity index (χ1n) is 6.81. The van der Waals surface area contributed by atoms with Crippen molar-refractivity contribution in [2.24, 2.45) is 11.8 Å². The number of nitrogens with zero attached hydrogens (tertiary/aromatic N) is 1. The minimum absolute atomic E-state index is 0.140. The molecule has 0 spiro atoms. The summed E-state index contributed by atoms with van der Waals surface area (Å²) in [6.07, 6.45) is 0.700. The molecule has 1 aromatic rings. The molecule has 1 aromatic carbocycles. The van der Waals surface area contributed by atoms with Gasteiger partial charge >= 0.3 is 6.09 Å². The smallest absolute Gasteiger partial charge is 0.410 e. The van der Waals surface area contributed by atoms with Crippen LogP contribution in [0.15, 0.2) is 30.3 Å². The highest BCUT2D eigenvalue weighted by molar-refractivity contribution is 5.68. The number of hydrogen-bond acceptors (Lipinski definition) is 3. The van der Waals surface area contributed by atoms with Crippen LogP contribution < -0.4 is 0 Å². The molecular weight excluding hydrogens is 242 g/mol. The molecule has 0 aliphatic carbocycles. The van der Waals surface area contributed by atoms with E-state index in [1.165, 1.54) is 0 Å². The SMILES string of the molecule is CC[C@@H]1CN(C(=O)OCc2ccccc2)C[C@@H]1CO. The summed E-state index contributed by atoms with van der Waals surface area (Å²) in [6, 6.07) is 9.65. The summed E-state index contributed by atoms with van der Waals surface area (Å²) in [5.74, 6) is 0.573. The summed E-state index contributed by atoms with van der Waals surface area (Å²) in [5.41, 5.74) is 0.987. The predicted molar refractivity (Wildman–Crippen MR) is 72.6 cm³/mol. The van der Waals surface area contributed by atoms with E-state index in [1.807, 2.05) is 30.3 Å². The summed E-state index contributed by atoms with van der Waals surface area (Å²) < 4.78 is 5.30. The fraction of sp³-hybridized carbons (Fsp3) is 0.533. The van der Waals surface area contributed by atoms with Crippen LogP contribution in [0, 0.1) is 11.8 Å². The van der Waals surface area contributed by atoms with Crippen molar-refractivity contribution in [3.63, 3.8) is 0 Å². The average Bonchev–Trinajstić information content (AvgIpc) is 2.89. The number of hydrogen-bond donors (Lipinski definition) is 1. The second kappa shape index (κ2) is 6.57. The minimum Gasteiger partial charge on any atom is -0.445 e. The lowest BCUT2D eigenvalue weighted by atomic mass is 9.95. The molecule has 104 valence electrons. The number of likely N-dealkylation sites (tertiary alicyclic amines) is 1. The highest BCUT2D eigenvalue weighted by Gasteiger charge is 2.34. The summed E-state index contributed by atoms with van der Waals surface area (Å²) in [5, 5.41) is 9.30. The molecule has 1 heterocycles. The molecule has 4 nitrogen and oxygen atoms in total. The number of ether oxygens (including phenoxy) is 1. The molecule has 1 amide bonds. The van der Waals surface area contributed by atoms with E-state index in [-0.39, 0.29) is 18.6 Å². The van der Waals surface area contributed by atoms with E-state index in [2.05, 4.69) is 6.92 Å². The molecule has 19 heavy (non-hydrogen) atoms. The van der Waals surface area contributed by atoms with Crippen LogP contribution in [0.4, 0.5) is 4.79 Å². The van der Waals surface area contributed by atoms with Crippen molar-refractivity contribution in [2.45, 2.75) is 20.0 Å². The zero-order valence-electron chi connectivity index (χ0n) is 11.3. The van der Waals surface area contributed by atoms with Gasteiger partial charge in [-0.05, 0) is 11.5 Å². The number of carbonyl (C=O) groups is 1. The first-order valence-corrected chi connectivity index (χ1v) is 6.81. The number of amides is 1. The van der Waals surface area contributed by atoms with E-state index in [9.17, 15) is 9.90 Å². The third-order valence-electron chi connectivity index (χ3n) is 3.80. The Bertz CT molecular complexity index is 395. The maximum atomic E-state index is 12.0. The Morgan fingerprint density at radius 1 is 1.32 bits per heavy atom. The third kappa shape index (κ3) is 3.47. The minimum atomic E-state index is -0.279. The zero-order valence-corrected chi connectivity index (χ0v) is 11.3. The molecule has 4 heteroatoms. The molecule has 1 aliphatic heterocycles. The maximum absolute atomic E-state index is 12.0. The number of rotatable bonds is 4. The Hall–Kier alpha value is -1.55. The first-order chi connectivity index (χ1) is 9.24. The fourth-order valence-electron chi connectivity index (χ4n) is 2.57. The van der Waals surface area contributed by atoms with Gasteiger partial charge in [0.05, 0.1) is 0 Å². The van der Waals surface area contributed by atoms with Crippen LogP contribution in [0.5, 0.6) is 0 Å². The molecule has 1 saturated heterocycles. The van der Waals surface area contributed by atoms with E-state index < -0.39 is 0 Å². The topological polar surface area (TPSA) is 49.8 Å². The quantitative estimate of drug-likeness (QED) is 0.906. The monoisotopic (exact) mass is 263 g/mol. The zero-order chi connectivity index (χ0) is 13.7. The van der Waals surface area contributed by atoms with Gasteiger partial charge in [0.2, 0.25) is 0 Å². The molecule has 1 fully saturated rings. The van der Waals surface area contributed by atoms with Crippen molar-refractivity contribution in [2.75, 3.05) is 19.7 Å². The molecule has 2 atom stereocenters. The Balaban J connectivity index is 1.84. The molecule has 1 aliphatic rings. The van der Waals surface area contributed by atoms with Crippen molar-refractivity contribution in [1.82, 2.24) is 4.90 Å². The lowest BCUT2D eigenvalue weighted by molar-refractivity contribution is 0.101. The summed E-state index contributed by atoms with van der Waals surface area (Å²) in [7, 11) is 0. The van der Waals surface area contributed by atoms with Gasteiger partial charge in [0, 0.05) is 25.6 Å². The van der Waals surface area contributed by atoms with Crippen LogP contribution in [-0.4, -0.2) is 35.8 Å². The van der Waals surface area contributed by atoms with Crippen LogP contribution >= 0.6 is 0 Å². The van der Waals surface area contributed by atoms with E-state index in [0.717, 1.165) is 12.0 Å². The number of carbonyl (C=O) groups excluding carboxylic acids is 1. The average molecular weight is 263 g/mol. The van der Waals surface area contributed by atoms with Crippen molar-refractivity contribution in [1.29, 1.82) is 0 Å². The molecule has 1 N–H and O–H groups in total. The van der Waals surface area contributed by atoms with Crippen LogP contribution in [-0.2, 0) is 11.3 Å². The summed E-state index contributed by atoms with van der Waals surface area (Å²) in [6.45, 7) is 3.82. The first kappa shape index (κ1) is 13.9. The van der Waals surface area contributed by atoms with Gasteiger partial charge in [-0.3, -0.25) is 0 Å². The Morgan fingerprint density at radius 3 is 2.58 bits per heavy atom. The number of aliphatic hydroxyl groups is 1. The van der Waals surface area contributed by atoms with E-state index >= 15 is 0 Å². The van der Waals surface area contributed by atoms with Gasteiger partial charge in [-0.15, -0.1) is 0 Å². The fourth-order valence-corrected chi connectivity index (χ4v) is 2.57. The van der Waals surface area contributed by atoms with Crippen LogP contribution in [0.25, 0.3) is 0 Å². The van der Waals surface area contributed by atoms with Crippen molar-refractivity contribution >= 4 is 6.09 Å². The summed E-state index contributed by atoms with van der Waals surface area (Å²) >= 11 is 0. The van der Waals surface area contributed by atoms with E-state index in [1.54, 1.807) is 4.90 Å². The molecule has 0 unspecified atom stereocenters. The molecule has 0 aromatic heterocycles. The van der Waals surface area contributed by atoms with Crippen LogP contribution in [0.2, 0.25) is 0 Å². The highest BCUT2D eigenvalue weighted by atomic mass is 16.6. The Morgan fingerprint density at radius 2 is 2.00 bits per heavy atom. The van der Waals surface area contributed by atoms with Crippen molar-refractivity contribution in [3.8, 4) is 0 Å². The number of benzene rings is 1. The van der Waals surface area contributed by atoms with Crippen molar-refractivity contribution in [3.05, 3.63) is 35.9 Å². The van der Waals surface area contributed by atoms with Gasteiger partial charge in [-0.1, -0.05) is 43.7 Å². The van der Waals surface area contributed by atoms with Crippen molar-refractivity contribution < 1.29 is 14.6 Å². The standard InChI is InChI=1S/C15H21NO3/c1-2-13-8-16(9-14(13)10-17)15(18)19-11-12-6-4-3-5-7-12/h3-7,13-14,17H,2,8-11H2,1H3/t13-,14-/m1/s1. The second-order valence-electron chi connectivity index (χ2n) is 5.06. The lowest BCUT2D eigenvalue weighted by Gasteiger charge is -2.16. The van der Waals surface area contributed by atoms with Crippen LogP contribution in [0.3, 0.4) is 0 Å². The number of aliphatic hydroxyl groups excluding tert-OH is 1. The normalized spacial score (nSPS) is 22.5. The maximum Gasteiger partial charge on any atom is 0.410 e. The van der Waals surface area contributed by atoms with Gasteiger partial charge < -0.3 is 14.7 Å². The second-order valence-corrected chi connectivity index (χ2v) is 5.06. The predicted octanol–water partition coefficient (Wildman–Crippen LogP) is 2.27. The Kier molecular flexibility index (Phi) is 4.80. The van der Waals surface area contributed by atoms with Gasteiger partial charge in [0.1, 0.15) is 6.61 Å². The molecule has 2 rings (SSSR count). The van der Waals surface area contributed by atoms with Gasteiger partial charge in [0.25, 0.3) is 0 Å². The lowest BCUT2D eigenvalue weighted by Crippen LogP contribution is -2.29. The molecule has 0 saturated carbocycles. The highest BCUT2D eigenvalue weighted by Crippen LogP contribution is 2.26. The third-order valence-corrected chi connectivity index (χ3v) is 3.80. The van der Waals surface area contributed by atoms with Gasteiger partial charge in [-0.25, -0.2) is 4.79 Å². The molecule has 0 radical (unpaired) electrons. The Labute approximate surface area is 114 Å². The van der Waals surface area contributed by atoms with Crippen LogP contribution in [0.1, 0.15) is 18.9 Å². The van der Waals surface area contributed by atoms with E-state index in [4.69, 9.17) is 4.74 Å². The summed E-state index contributed by atoms with van der Waals surface area (Å²) in [4.78, 5) is 13.7. The molecule has 0 bridgehead atoms.